The van der Waals surface area contributed by atoms with Crippen molar-refractivity contribution in [3.05, 3.63) is 24.3 Å². The zero-order chi connectivity index (χ0) is 12.3. The number of ether oxygens (including phenoxy) is 1. The van der Waals surface area contributed by atoms with E-state index in [2.05, 4.69) is 50.0 Å². The Morgan fingerprint density at radius 2 is 1.71 bits per heavy atom. The lowest BCUT2D eigenvalue weighted by molar-refractivity contribution is -0.0688. The van der Waals surface area contributed by atoms with Crippen LogP contribution in [0.4, 0.5) is 0 Å². The summed E-state index contributed by atoms with van der Waals surface area (Å²) in [5.74, 6) is 1.41. The normalized spacial score (nSPS) is 38.5. The van der Waals surface area contributed by atoms with Gasteiger partial charge in [0.2, 0.25) is 0 Å². The van der Waals surface area contributed by atoms with Gasteiger partial charge in [-0.2, -0.15) is 0 Å². The average molecular weight is 235 g/mol. The number of morpholine rings is 1. The van der Waals surface area contributed by atoms with E-state index in [1.807, 2.05) is 0 Å². The number of rotatable bonds is 3. The predicted molar refractivity (Wildman–Crippen MR) is 72.0 cm³/mol. The molecule has 1 aliphatic carbocycles. The van der Waals surface area contributed by atoms with Crippen LogP contribution in [0.5, 0.6) is 0 Å². The third kappa shape index (κ3) is 3.68. The number of nitrogens with zero attached hydrogens (tertiary/aromatic N) is 1. The van der Waals surface area contributed by atoms with Crippen LogP contribution in [0.3, 0.4) is 0 Å². The van der Waals surface area contributed by atoms with E-state index in [9.17, 15) is 0 Å². The SMILES string of the molecule is CC1CN(CCC2C=CC=CC2C)CC(C)O1. The second-order valence-corrected chi connectivity index (χ2v) is 5.60. The summed E-state index contributed by atoms with van der Waals surface area (Å²) in [6.45, 7) is 10.0. The van der Waals surface area contributed by atoms with Crippen LogP contribution in [0.2, 0.25) is 0 Å². The van der Waals surface area contributed by atoms with Crippen molar-refractivity contribution in [3.63, 3.8) is 0 Å². The van der Waals surface area contributed by atoms with Crippen molar-refractivity contribution in [2.24, 2.45) is 11.8 Å². The molecule has 2 aliphatic rings. The van der Waals surface area contributed by atoms with Gasteiger partial charge in [0.15, 0.2) is 0 Å². The topological polar surface area (TPSA) is 12.5 Å². The first-order chi connectivity index (χ1) is 8.15. The van der Waals surface area contributed by atoms with Crippen molar-refractivity contribution in [2.75, 3.05) is 19.6 Å². The van der Waals surface area contributed by atoms with Gasteiger partial charge in [-0.15, -0.1) is 0 Å². The molecule has 2 nitrogen and oxygen atoms in total. The molecule has 2 heteroatoms. The zero-order valence-electron chi connectivity index (χ0n) is 11.3. The molecule has 1 fully saturated rings. The van der Waals surface area contributed by atoms with Crippen LogP contribution in [0.15, 0.2) is 24.3 Å². The van der Waals surface area contributed by atoms with Gasteiger partial charge >= 0.3 is 0 Å². The molecule has 0 aromatic heterocycles. The lowest BCUT2D eigenvalue weighted by Crippen LogP contribution is -2.46. The largest absolute Gasteiger partial charge is 0.373 e. The molecule has 0 spiro atoms. The molecule has 0 aromatic carbocycles. The summed E-state index contributed by atoms with van der Waals surface area (Å²) in [5.41, 5.74) is 0. The Balaban J connectivity index is 1.78. The van der Waals surface area contributed by atoms with Gasteiger partial charge in [0.25, 0.3) is 0 Å². The van der Waals surface area contributed by atoms with Crippen LogP contribution in [0.1, 0.15) is 27.2 Å². The third-order valence-electron chi connectivity index (χ3n) is 3.83. The molecule has 0 amide bonds. The lowest BCUT2D eigenvalue weighted by Gasteiger charge is -2.36. The maximum Gasteiger partial charge on any atom is 0.0678 e. The summed E-state index contributed by atoms with van der Waals surface area (Å²) >= 11 is 0. The molecule has 1 aliphatic heterocycles. The Kier molecular flexibility index (Phi) is 4.41. The molecule has 0 aromatic rings. The summed E-state index contributed by atoms with van der Waals surface area (Å²) in [6.07, 6.45) is 11.1. The van der Waals surface area contributed by atoms with Gasteiger partial charge in [0.1, 0.15) is 0 Å². The van der Waals surface area contributed by atoms with Crippen LogP contribution >= 0.6 is 0 Å². The summed E-state index contributed by atoms with van der Waals surface area (Å²) in [7, 11) is 0. The fraction of sp³-hybridized carbons (Fsp3) is 0.733. The molecule has 1 saturated heterocycles. The van der Waals surface area contributed by atoms with Crippen LogP contribution in [0, 0.1) is 11.8 Å². The van der Waals surface area contributed by atoms with E-state index in [4.69, 9.17) is 4.74 Å². The minimum atomic E-state index is 0.387. The average Bonchev–Trinajstić information content (AvgIpc) is 2.27. The van der Waals surface area contributed by atoms with Crippen LogP contribution in [-0.4, -0.2) is 36.7 Å². The van der Waals surface area contributed by atoms with Crippen LogP contribution in [-0.2, 0) is 4.74 Å². The highest BCUT2D eigenvalue weighted by atomic mass is 16.5. The summed E-state index contributed by atoms with van der Waals surface area (Å²) in [4.78, 5) is 2.55. The summed E-state index contributed by atoms with van der Waals surface area (Å²) < 4.78 is 5.76. The molecule has 0 bridgehead atoms. The second-order valence-electron chi connectivity index (χ2n) is 5.60. The van der Waals surface area contributed by atoms with Crippen LogP contribution in [0.25, 0.3) is 0 Å². The lowest BCUT2D eigenvalue weighted by atomic mass is 9.87. The van der Waals surface area contributed by atoms with E-state index < -0.39 is 0 Å². The summed E-state index contributed by atoms with van der Waals surface area (Å²) in [5, 5.41) is 0. The van der Waals surface area contributed by atoms with E-state index in [1.54, 1.807) is 0 Å². The highest BCUT2D eigenvalue weighted by Crippen LogP contribution is 2.23. The first-order valence-electron chi connectivity index (χ1n) is 6.88. The molecular weight excluding hydrogens is 210 g/mol. The van der Waals surface area contributed by atoms with Crippen molar-refractivity contribution in [1.29, 1.82) is 0 Å². The second kappa shape index (κ2) is 5.83. The minimum Gasteiger partial charge on any atom is -0.373 e. The predicted octanol–water partition coefficient (Wildman–Crippen LogP) is 2.86. The summed E-state index contributed by atoms with van der Waals surface area (Å²) in [6, 6.07) is 0. The Labute approximate surface area is 105 Å². The third-order valence-corrected chi connectivity index (χ3v) is 3.83. The first kappa shape index (κ1) is 12.8. The molecule has 0 saturated carbocycles. The standard InChI is InChI=1S/C15H25NO/c1-12-6-4-5-7-15(12)8-9-16-10-13(2)17-14(3)11-16/h4-7,12-15H,8-11H2,1-3H3. The highest BCUT2D eigenvalue weighted by Gasteiger charge is 2.23. The van der Waals surface area contributed by atoms with Crippen LogP contribution < -0.4 is 0 Å². The fourth-order valence-electron chi connectivity index (χ4n) is 2.92. The van der Waals surface area contributed by atoms with Gasteiger partial charge in [0.05, 0.1) is 12.2 Å². The number of allylic oxidation sites excluding steroid dienone is 4. The molecule has 17 heavy (non-hydrogen) atoms. The quantitative estimate of drug-likeness (QED) is 0.746. The maximum atomic E-state index is 5.76. The van der Waals surface area contributed by atoms with Crippen molar-refractivity contribution in [3.8, 4) is 0 Å². The highest BCUT2D eigenvalue weighted by molar-refractivity contribution is 5.13. The van der Waals surface area contributed by atoms with Gasteiger partial charge < -0.3 is 4.74 Å². The van der Waals surface area contributed by atoms with E-state index >= 15 is 0 Å². The van der Waals surface area contributed by atoms with E-state index in [1.165, 1.54) is 13.0 Å². The number of hydrogen-bond donors (Lipinski definition) is 0. The minimum absolute atomic E-state index is 0.387. The molecule has 4 unspecified atom stereocenters. The maximum absolute atomic E-state index is 5.76. The smallest absolute Gasteiger partial charge is 0.0678 e. The van der Waals surface area contributed by atoms with Crippen molar-refractivity contribution in [1.82, 2.24) is 4.90 Å². The number of hydrogen-bond acceptors (Lipinski definition) is 2. The van der Waals surface area contributed by atoms with Crippen molar-refractivity contribution in [2.45, 2.75) is 39.4 Å². The molecule has 0 N–H and O–H groups in total. The monoisotopic (exact) mass is 235 g/mol. The molecule has 1 heterocycles. The Bertz CT molecular complexity index is 287. The van der Waals surface area contributed by atoms with Crippen molar-refractivity contribution < 1.29 is 4.74 Å². The van der Waals surface area contributed by atoms with Gasteiger partial charge in [0, 0.05) is 13.1 Å². The Hall–Kier alpha value is -0.600. The Morgan fingerprint density at radius 1 is 1.06 bits per heavy atom. The van der Waals surface area contributed by atoms with Gasteiger partial charge in [-0.25, -0.2) is 0 Å². The van der Waals surface area contributed by atoms with Gasteiger partial charge in [-0.1, -0.05) is 31.2 Å². The Morgan fingerprint density at radius 3 is 2.35 bits per heavy atom. The van der Waals surface area contributed by atoms with Gasteiger partial charge in [-0.3, -0.25) is 4.90 Å². The zero-order valence-corrected chi connectivity index (χ0v) is 11.3. The molecule has 4 atom stereocenters. The fourth-order valence-corrected chi connectivity index (χ4v) is 2.92. The van der Waals surface area contributed by atoms with Gasteiger partial charge in [-0.05, 0) is 38.6 Å². The molecule has 2 rings (SSSR count). The molecule has 96 valence electrons. The van der Waals surface area contributed by atoms with E-state index in [0.717, 1.165) is 13.1 Å². The molecule has 0 radical (unpaired) electrons. The van der Waals surface area contributed by atoms with Crippen molar-refractivity contribution >= 4 is 0 Å². The molecular formula is C15H25NO. The van der Waals surface area contributed by atoms with E-state index in [0.29, 0.717) is 24.0 Å². The van der Waals surface area contributed by atoms with E-state index in [-0.39, 0.29) is 0 Å². The first-order valence-corrected chi connectivity index (χ1v) is 6.88.